The Labute approximate surface area is 82.4 Å². The van der Waals surface area contributed by atoms with Gasteiger partial charge in [-0.2, -0.15) is 0 Å². The minimum Gasteiger partial charge on any atom is -0.352 e. The van der Waals surface area contributed by atoms with Crippen molar-refractivity contribution < 1.29 is 13.6 Å². The predicted octanol–water partition coefficient (Wildman–Crippen LogP) is 2.11. The van der Waals surface area contributed by atoms with Crippen molar-refractivity contribution in [2.45, 2.75) is 32.1 Å². The Hall–Kier alpha value is -0.930. The number of alkyl halides is 2. The highest BCUT2D eigenvalue weighted by molar-refractivity contribution is 5.87. The van der Waals surface area contributed by atoms with Gasteiger partial charge >= 0.3 is 0 Å². The van der Waals surface area contributed by atoms with Crippen molar-refractivity contribution in [1.29, 1.82) is 0 Å². The van der Waals surface area contributed by atoms with Gasteiger partial charge in [-0.1, -0.05) is 6.08 Å². The van der Waals surface area contributed by atoms with Gasteiger partial charge in [0.2, 0.25) is 5.91 Å². The Morgan fingerprint density at radius 3 is 2.86 bits per heavy atom. The van der Waals surface area contributed by atoms with E-state index in [-0.39, 0.29) is 18.9 Å². The van der Waals surface area contributed by atoms with Gasteiger partial charge in [0.15, 0.2) is 0 Å². The maximum Gasteiger partial charge on any atom is 0.252 e. The van der Waals surface area contributed by atoms with Crippen LogP contribution in [0.15, 0.2) is 12.2 Å². The molecule has 0 heterocycles. The molecule has 1 saturated carbocycles. The second-order valence-electron chi connectivity index (χ2n) is 3.60. The number of carbonyl (C=O) groups is 1. The number of amides is 1. The van der Waals surface area contributed by atoms with Crippen molar-refractivity contribution in [1.82, 2.24) is 5.32 Å². The SMILES string of the molecule is C/C=C/C(=O)NCC1CCCC1(F)F. The maximum atomic E-state index is 13.1. The first-order chi connectivity index (χ1) is 6.56. The van der Waals surface area contributed by atoms with Crippen LogP contribution in [0.2, 0.25) is 0 Å². The molecule has 0 aromatic heterocycles. The lowest BCUT2D eigenvalue weighted by Crippen LogP contribution is -2.34. The van der Waals surface area contributed by atoms with E-state index in [4.69, 9.17) is 0 Å². The summed E-state index contributed by atoms with van der Waals surface area (Å²) < 4.78 is 26.2. The minimum atomic E-state index is -2.59. The molecular formula is C10H15F2NO. The fourth-order valence-electron chi connectivity index (χ4n) is 1.68. The Bertz CT molecular complexity index is 238. The first-order valence-corrected chi connectivity index (χ1v) is 4.84. The van der Waals surface area contributed by atoms with Crippen LogP contribution in [-0.4, -0.2) is 18.4 Å². The summed E-state index contributed by atoms with van der Waals surface area (Å²) in [6, 6.07) is 0. The molecule has 80 valence electrons. The molecule has 4 heteroatoms. The van der Waals surface area contributed by atoms with Crippen LogP contribution < -0.4 is 5.32 Å². The number of nitrogens with one attached hydrogen (secondary N) is 1. The molecule has 0 aliphatic heterocycles. The molecular weight excluding hydrogens is 188 g/mol. The third kappa shape index (κ3) is 2.79. The van der Waals surface area contributed by atoms with E-state index in [1.165, 1.54) is 6.08 Å². The summed E-state index contributed by atoms with van der Waals surface area (Å²) in [4.78, 5) is 11.0. The second-order valence-corrected chi connectivity index (χ2v) is 3.60. The lowest BCUT2D eigenvalue weighted by Gasteiger charge is -2.18. The largest absolute Gasteiger partial charge is 0.352 e. The average molecular weight is 203 g/mol. The van der Waals surface area contributed by atoms with Crippen molar-refractivity contribution in [2.75, 3.05) is 6.54 Å². The fourth-order valence-corrected chi connectivity index (χ4v) is 1.68. The van der Waals surface area contributed by atoms with Gasteiger partial charge < -0.3 is 5.32 Å². The average Bonchev–Trinajstić information content (AvgIpc) is 2.42. The van der Waals surface area contributed by atoms with E-state index in [1.54, 1.807) is 13.0 Å². The summed E-state index contributed by atoms with van der Waals surface area (Å²) in [6.45, 7) is 1.79. The summed E-state index contributed by atoms with van der Waals surface area (Å²) >= 11 is 0. The molecule has 1 atom stereocenters. The van der Waals surface area contributed by atoms with Crippen molar-refractivity contribution in [2.24, 2.45) is 5.92 Å². The number of rotatable bonds is 3. The zero-order valence-corrected chi connectivity index (χ0v) is 8.22. The number of halogens is 2. The van der Waals surface area contributed by atoms with E-state index in [1.807, 2.05) is 0 Å². The Kier molecular flexibility index (Phi) is 3.61. The molecule has 1 aliphatic carbocycles. The van der Waals surface area contributed by atoms with Crippen molar-refractivity contribution in [3.63, 3.8) is 0 Å². The molecule has 0 bridgehead atoms. The highest BCUT2D eigenvalue weighted by Crippen LogP contribution is 2.39. The van der Waals surface area contributed by atoms with Gasteiger partial charge in [-0.15, -0.1) is 0 Å². The van der Waals surface area contributed by atoms with Crippen LogP contribution in [0.4, 0.5) is 8.78 Å². The minimum absolute atomic E-state index is 0.0445. The van der Waals surface area contributed by atoms with Crippen LogP contribution >= 0.6 is 0 Å². The van der Waals surface area contributed by atoms with E-state index >= 15 is 0 Å². The predicted molar refractivity (Wildman–Crippen MR) is 50.1 cm³/mol. The van der Waals surface area contributed by atoms with Crippen LogP contribution in [0.25, 0.3) is 0 Å². The van der Waals surface area contributed by atoms with Crippen molar-refractivity contribution >= 4 is 5.91 Å². The molecule has 1 unspecified atom stereocenters. The van der Waals surface area contributed by atoms with Crippen molar-refractivity contribution in [3.05, 3.63) is 12.2 Å². The van der Waals surface area contributed by atoms with E-state index in [0.717, 1.165) is 0 Å². The molecule has 1 rings (SSSR count). The second kappa shape index (κ2) is 4.53. The molecule has 0 saturated heterocycles. The third-order valence-corrected chi connectivity index (χ3v) is 2.50. The smallest absolute Gasteiger partial charge is 0.252 e. The molecule has 0 aromatic rings. The highest BCUT2D eigenvalue weighted by atomic mass is 19.3. The molecule has 0 aromatic carbocycles. The first-order valence-electron chi connectivity index (χ1n) is 4.84. The van der Waals surface area contributed by atoms with Gasteiger partial charge in [-0.3, -0.25) is 4.79 Å². The van der Waals surface area contributed by atoms with Gasteiger partial charge in [0.05, 0.1) is 0 Å². The molecule has 1 amide bonds. The van der Waals surface area contributed by atoms with Crippen molar-refractivity contribution in [3.8, 4) is 0 Å². The van der Waals surface area contributed by atoms with Gasteiger partial charge in [0.25, 0.3) is 5.92 Å². The van der Waals surface area contributed by atoms with Gasteiger partial charge in [0, 0.05) is 18.9 Å². The topological polar surface area (TPSA) is 29.1 Å². The molecule has 2 nitrogen and oxygen atoms in total. The van der Waals surface area contributed by atoms with Crippen LogP contribution in [0.3, 0.4) is 0 Å². The van der Waals surface area contributed by atoms with E-state index < -0.39 is 11.8 Å². The molecule has 0 radical (unpaired) electrons. The summed E-state index contributed by atoms with van der Waals surface area (Å²) in [5.74, 6) is -3.57. The lowest BCUT2D eigenvalue weighted by atomic mass is 10.1. The fraction of sp³-hybridized carbons (Fsp3) is 0.700. The van der Waals surface area contributed by atoms with Gasteiger partial charge in [0.1, 0.15) is 0 Å². The molecule has 1 N–H and O–H groups in total. The van der Waals surface area contributed by atoms with Crippen LogP contribution in [0.1, 0.15) is 26.2 Å². The number of hydrogen-bond donors (Lipinski definition) is 1. The number of hydrogen-bond acceptors (Lipinski definition) is 1. The number of allylic oxidation sites excluding steroid dienone is 1. The van der Waals surface area contributed by atoms with E-state index in [2.05, 4.69) is 5.32 Å². The van der Waals surface area contributed by atoms with Crippen LogP contribution in [-0.2, 0) is 4.79 Å². The quantitative estimate of drug-likeness (QED) is 0.699. The summed E-state index contributed by atoms with van der Waals surface area (Å²) in [7, 11) is 0. The third-order valence-electron chi connectivity index (χ3n) is 2.50. The molecule has 1 fully saturated rings. The molecule has 0 spiro atoms. The zero-order valence-electron chi connectivity index (χ0n) is 8.22. The van der Waals surface area contributed by atoms with Crippen LogP contribution in [0.5, 0.6) is 0 Å². The van der Waals surface area contributed by atoms with E-state index in [9.17, 15) is 13.6 Å². The molecule has 14 heavy (non-hydrogen) atoms. The standard InChI is InChI=1S/C10H15F2NO/c1-2-4-9(14)13-7-8-5-3-6-10(8,11)12/h2,4,8H,3,5-7H2,1H3,(H,13,14)/b4-2+. The van der Waals surface area contributed by atoms with E-state index in [0.29, 0.717) is 12.8 Å². The Balaban J connectivity index is 2.34. The van der Waals surface area contributed by atoms with Gasteiger partial charge in [-0.25, -0.2) is 8.78 Å². The Morgan fingerprint density at radius 2 is 2.36 bits per heavy atom. The summed E-state index contributed by atoms with van der Waals surface area (Å²) in [5.41, 5.74) is 0. The Morgan fingerprint density at radius 1 is 1.64 bits per heavy atom. The summed E-state index contributed by atoms with van der Waals surface area (Å²) in [6.07, 6.45) is 3.94. The molecule has 1 aliphatic rings. The monoisotopic (exact) mass is 203 g/mol. The maximum absolute atomic E-state index is 13.1. The normalized spacial score (nSPS) is 25.5. The summed E-state index contributed by atoms with van der Waals surface area (Å²) in [5, 5.41) is 2.48. The first kappa shape index (κ1) is 11.1. The highest BCUT2D eigenvalue weighted by Gasteiger charge is 2.43. The zero-order chi connectivity index (χ0) is 10.6. The van der Waals surface area contributed by atoms with Gasteiger partial charge in [-0.05, 0) is 25.8 Å². The number of carbonyl (C=O) groups excluding carboxylic acids is 1. The lowest BCUT2D eigenvalue weighted by molar-refractivity contribution is -0.117. The van der Waals surface area contributed by atoms with Crippen LogP contribution in [0, 0.1) is 5.92 Å².